The Labute approximate surface area is 95.8 Å². The van der Waals surface area contributed by atoms with Gasteiger partial charge in [0.2, 0.25) is 0 Å². The molecule has 2 rings (SSSR count). The van der Waals surface area contributed by atoms with E-state index in [2.05, 4.69) is 10.2 Å². The summed E-state index contributed by atoms with van der Waals surface area (Å²) in [5.41, 5.74) is 0. The number of ether oxygens (including phenoxy) is 1. The lowest BCUT2D eigenvalue weighted by atomic mass is 9.92. The van der Waals surface area contributed by atoms with Gasteiger partial charge in [0, 0.05) is 38.7 Å². The number of hydrogen-bond donors (Lipinski definition) is 2. The van der Waals surface area contributed by atoms with Gasteiger partial charge >= 0.3 is 5.97 Å². The van der Waals surface area contributed by atoms with Crippen molar-refractivity contribution in [3.05, 3.63) is 0 Å². The van der Waals surface area contributed by atoms with Gasteiger partial charge in [-0.15, -0.1) is 0 Å². The first kappa shape index (κ1) is 11.8. The highest BCUT2D eigenvalue weighted by molar-refractivity contribution is 5.74. The smallest absolute Gasteiger partial charge is 0.321 e. The van der Waals surface area contributed by atoms with Gasteiger partial charge in [0.25, 0.3) is 0 Å². The average Bonchev–Trinajstić information content (AvgIpc) is 2.31. The van der Waals surface area contributed by atoms with Crippen molar-refractivity contribution in [2.75, 3.05) is 39.4 Å². The monoisotopic (exact) mass is 228 g/mol. The molecule has 2 saturated heterocycles. The summed E-state index contributed by atoms with van der Waals surface area (Å²) in [5.74, 6) is -0.540. The molecular formula is C11H20N2O3. The van der Waals surface area contributed by atoms with Crippen LogP contribution in [0.2, 0.25) is 0 Å². The molecule has 0 radical (unpaired) electrons. The first-order chi connectivity index (χ1) is 7.79. The number of nitrogens with zero attached hydrogens (tertiary/aromatic N) is 1. The molecule has 2 atom stereocenters. The van der Waals surface area contributed by atoms with E-state index in [-0.39, 0.29) is 12.0 Å². The van der Waals surface area contributed by atoms with Crippen molar-refractivity contribution in [1.82, 2.24) is 10.2 Å². The van der Waals surface area contributed by atoms with Crippen LogP contribution in [0.15, 0.2) is 0 Å². The summed E-state index contributed by atoms with van der Waals surface area (Å²) in [7, 11) is 0. The molecule has 2 fully saturated rings. The third-order valence-corrected chi connectivity index (χ3v) is 3.44. The lowest BCUT2D eigenvalue weighted by molar-refractivity contribution is -0.148. The Balaban J connectivity index is 1.99. The Kier molecular flexibility index (Phi) is 4.15. The van der Waals surface area contributed by atoms with Crippen LogP contribution < -0.4 is 5.32 Å². The molecule has 92 valence electrons. The first-order valence-electron chi connectivity index (χ1n) is 6.04. The molecule has 2 aliphatic heterocycles. The topological polar surface area (TPSA) is 61.8 Å². The summed E-state index contributed by atoms with van der Waals surface area (Å²) in [6.07, 6.45) is 1.96. The number of aliphatic carboxylic acids is 1. The van der Waals surface area contributed by atoms with Gasteiger partial charge in [-0.1, -0.05) is 0 Å². The lowest BCUT2D eigenvalue weighted by Crippen LogP contribution is -2.55. The van der Waals surface area contributed by atoms with E-state index >= 15 is 0 Å². The molecule has 5 nitrogen and oxygen atoms in total. The van der Waals surface area contributed by atoms with Crippen molar-refractivity contribution in [2.24, 2.45) is 5.92 Å². The first-order valence-corrected chi connectivity index (χ1v) is 6.04. The van der Waals surface area contributed by atoms with E-state index in [1.807, 2.05) is 0 Å². The lowest BCUT2D eigenvalue weighted by Gasteiger charge is -2.38. The van der Waals surface area contributed by atoms with Gasteiger partial charge in [0.1, 0.15) is 6.04 Å². The summed E-state index contributed by atoms with van der Waals surface area (Å²) in [6, 6.07) is -0.359. The van der Waals surface area contributed by atoms with E-state index in [4.69, 9.17) is 4.74 Å². The van der Waals surface area contributed by atoms with Crippen LogP contribution in [0.3, 0.4) is 0 Å². The fraction of sp³-hybridized carbons (Fsp3) is 0.909. The highest BCUT2D eigenvalue weighted by Gasteiger charge is 2.35. The molecule has 0 spiro atoms. The Morgan fingerprint density at radius 2 is 2.19 bits per heavy atom. The minimum atomic E-state index is -0.697. The normalized spacial score (nSPS) is 29.9. The van der Waals surface area contributed by atoms with Gasteiger partial charge in [0.15, 0.2) is 0 Å². The maximum atomic E-state index is 11.4. The molecule has 0 aromatic heterocycles. The van der Waals surface area contributed by atoms with Crippen LogP contribution in [0, 0.1) is 5.92 Å². The average molecular weight is 228 g/mol. The molecule has 0 aliphatic carbocycles. The fourth-order valence-corrected chi connectivity index (χ4v) is 2.63. The quantitative estimate of drug-likeness (QED) is 0.699. The fourth-order valence-electron chi connectivity index (χ4n) is 2.63. The van der Waals surface area contributed by atoms with Crippen LogP contribution in [-0.2, 0) is 9.53 Å². The van der Waals surface area contributed by atoms with Crippen molar-refractivity contribution < 1.29 is 14.6 Å². The molecule has 16 heavy (non-hydrogen) atoms. The zero-order chi connectivity index (χ0) is 11.4. The van der Waals surface area contributed by atoms with E-state index in [9.17, 15) is 9.90 Å². The molecule has 5 heteroatoms. The zero-order valence-electron chi connectivity index (χ0n) is 9.52. The van der Waals surface area contributed by atoms with Crippen LogP contribution in [0.5, 0.6) is 0 Å². The molecule has 0 aromatic rings. The van der Waals surface area contributed by atoms with E-state index in [0.717, 1.165) is 45.6 Å². The molecular weight excluding hydrogens is 208 g/mol. The highest BCUT2D eigenvalue weighted by Crippen LogP contribution is 2.22. The molecule has 2 aliphatic rings. The van der Waals surface area contributed by atoms with E-state index in [1.54, 1.807) is 0 Å². The van der Waals surface area contributed by atoms with Crippen molar-refractivity contribution in [3.8, 4) is 0 Å². The van der Waals surface area contributed by atoms with Crippen molar-refractivity contribution in [3.63, 3.8) is 0 Å². The molecule has 0 amide bonds. The maximum Gasteiger partial charge on any atom is 0.321 e. The predicted molar refractivity (Wildman–Crippen MR) is 59.4 cm³/mol. The van der Waals surface area contributed by atoms with Crippen molar-refractivity contribution in [1.29, 1.82) is 0 Å². The second kappa shape index (κ2) is 5.61. The van der Waals surface area contributed by atoms with Crippen LogP contribution in [-0.4, -0.2) is 61.4 Å². The number of carboxylic acids is 1. The van der Waals surface area contributed by atoms with Crippen LogP contribution in [0.4, 0.5) is 0 Å². The standard InChI is InChI=1S/C11H20N2O3/c14-11(15)10(9-2-1-7-16-8-9)13-5-3-12-4-6-13/h9-10,12H,1-8H2,(H,14,15). The SMILES string of the molecule is O=C(O)C(C1CCCOC1)N1CCNCC1. The van der Waals surface area contributed by atoms with Gasteiger partial charge in [0.05, 0.1) is 6.61 Å². The summed E-state index contributed by atoms with van der Waals surface area (Å²) in [5, 5.41) is 12.6. The van der Waals surface area contributed by atoms with Crippen molar-refractivity contribution in [2.45, 2.75) is 18.9 Å². The van der Waals surface area contributed by atoms with Gasteiger partial charge in [-0.2, -0.15) is 0 Å². The third kappa shape index (κ3) is 2.72. The Bertz CT molecular complexity index is 217. The largest absolute Gasteiger partial charge is 0.480 e. The second-order valence-corrected chi connectivity index (χ2v) is 4.55. The number of carbonyl (C=O) groups is 1. The van der Waals surface area contributed by atoms with Gasteiger partial charge < -0.3 is 15.2 Å². The summed E-state index contributed by atoms with van der Waals surface area (Å²) in [4.78, 5) is 13.5. The highest BCUT2D eigenvalue weighted by atomic mass is 16.5. The molecule has 0 saturated carbocycles. The van der Waals surface area contributed by atoms with Gasteiger partial charge in [-0.3, -0.25) is 9.69 Å². The Morgan fingerprint density at radius 1 is 1.44 bits per heavy atom. The number of nitrogens with one attached hydrogen (secondary N) is 1. The summed E-state index contributed by atoms with van der Waals surface area (Å²) in [6.45, 7) is 4.81. The number of piperazine rings is 1. The van der Waals surface area contributed by atoms with Crippen LogP contribution in [0.25, 0.3) is 0 Å². The molecule has 2 heterocycles. The second-order valence-electron chi connectivity index (χ2n) is 4.55. The van der Waals surface area contributed by atoms with E-state index in [1.165, 1.54) is 0 Å². The van der Waals surface area contributed by atoms with E-state index < -0.39 is 5.97 Å². The minimum Gasteiger partial charge on any atom is -0.480 e. The van der Waals surface area contributed by atoms with E-state index in [0.29, 0.717) is 6.61 Å². The number of rotatable bonds is 3. The zero-order valence-corrected chi connectivity index (χ0v) is 9.52. The number of carboxylic acid groups (broad SMARTS) is 1. The summed E-state index contributed by atoms with van der Waals surface area (Å²) >= 11 is 0. The maximum absolute atomic E-state index is 11.4. The molecule has 2 N–H and O–H groups in total. The Morgan fingerprint density at radius 3 is 2.75 bits per heavy atom. The van der Waals surface area contributed by atoms with Gasteiger partial charge in [-0.05, 0) is 12.8 Å². The number of hydrogen-bond acceptors (Lipinski definition) is 4. The molecule has 0 aromatic carbocycles. The molecule has 0 bridgehead atoms. The minimum absolute atomic E-state index is 0.157. The predicted octanol–water partition coefficient (Wildman–Crippen LogP) is -0.229. The van der Waals surface area contributed by atoms with Crippen molar-refractivity contribution >= 4 is 5.97 Å². The molecule has 2 unspecified atom stereocenters. The van der Waals surface area contributed by atoms with Crippen LogP contribution >= 0.6 is 0 Å². The third-order valence-electron chi connectivity index (χ3n) is 3.44. The Hall–Kier alpha value is -0.650. The van der Waals surface area contributed by atoms with Crippen LogP contribution in [0.1, 0.15) is 12.8 Å². The van der Waals surface area contributed by atoms with Gasteiger partial charge in [-0.25, -0.2) is 0 Å². The summed E-state index contributed by atoms with van der Waals surface area (Å²) < 4.78 is 5.40.